The molecule has 2 aromatic carbocycles. The highest BCUT2D eigenvalue weighted by Gasteiger charge is 2.32. The summed E-state index contributed by atoms with van der Waals surface area (Å²) in [7, 11) is -4.26. The van der Waals surface area contributed by atoms with Crippen LogP contribution in [0.25, 0.3) is 0 Å². The van der Waals surface area contributed by atoms with E-state index in [1.807, 2.05) is 0 Å². The van der Waals surface area contributed by atoms with E-state index in [4.69, 9.17) is 11.6 Å². The number of sulfonamides is 1. The van der Waals surface area contributed by atoms with Crippen LogP contribution in [0.15, 0.2) is 51.8 Å². The quantitative estimate of drug-likeness (QED) is 0.775. The van der Waals surface area contributed by atoms with Gasteiger partial charge >= 0.3 is 6.18 Å². The Kier molecular flexibility index (Phi) is 4.74. The summed E-state index contributed by atoms with van der Waals surface area (Å²) in [5, 5.41) is -0.299. The molecule has 0 unspecified atom stereocenters. The van der Waals surface area contributed by atoms with Crippen molar-refractivity contribution in [3.63, 3.8) is 0 Å². The first kappa shape index (κ1) is 17.1. The van der Waals surface area contributed by atoms with Gasteiger partial charge in [-0.1, -0.05) is 23.7 Å². The lowest BCUT2D eigenvalue weighted by Crippen LogP contribution is -2.15. The highest BCUT2D eigenvalue weighted by atomic mass is 79.9. The van der Waals surface area contributed by atoms with Gasteiger partial charge in [-0.15, -0.1) is 0 Å². The highest BCUT2D eigenvalue weighted by Crippen LogP contribution is 2.34. The third-order valence-corrected chi connectivity index (χ3v) is 5.20. The molecule has 0 heterocycles. The van der Waals surface area contributed by atoms with E-state index in [-0.39, 0.29) is 10.7 Å². The summed E-state index contributed by atoms with van der Waals surface area (Å²) >= 11 is 8.88. The van der Waals surface area contributed by atoms with Gasteiger partial charge in [0.25, 0.3) is 10.0 Å². The average molecular weight is 415 g/mol. The van der Waals surface area contributed by atoms with Crippen molar-refractivity contribution in [1.29, 1.82) is 0 Å². The molecule has 3 nitrogen and oxygen atoms in total. The molecule has 0 aliphatic heterocycles. The Morgan fingerprint density at radius 3 is 2.32 bits per heavy atom. The molecule has 0 aliphatic rings. The molecule has 2 rings (SSSR count). The van der Waals surface area contributed by atoms with Crippen LogP contribution in [0, 0.1) is 0 Å². The number of halogens is 5. The predicted molar refractivity (Wildman–Crippen MR) is 81.4 cm³/mol. The number of benzene rings is 2. The number of anilines is 1. The summed E-state index contributed by atoms with van der Waals surface area (Å²) in [6.07, 6.45) is -4.66. The Morgan fingerprint density at radius 1 is 1.09 bits per heavy atom. The van der Waals surface area contributed by atoms with Gasteiger partial charge in [-0.05, 0) is 46.3 Å². The first-order valence-corrected chi connectivity index (χ1v) is 8.41. The van der Waals surface area contributed by atoms with Crippen molar-refractivity contribution in [2.45, 2.75) is 11.1 Å². The first-order chi connectivity index (χ1) is 10.1. The minimum Gasteiger partial charge on any atom is -0.278 e. The molecule has 0 atom stereocenters. The van der Waals surface area contributed by atoms with Crippen LogP contribution in [0.1, 0.15) is 5.56 Å². The van der Waals surface area contributed by atoms with Crippen molar-refractivity contribution >= 4 is 43.2 Å². The summed E-state index contributed by atoms with van der Waals surface area (Å²) in [5.74, 6) is 0. The molecule has 22 heavy (non-hydrogen) atoms. The van der Waals surface area contributed by atoms with E-state index in [1.54, 1.807) is 18.2 Å². The summed E-state index contributed by atoms with van der Waals surface area (Å²) in [6.45, 7) is 0. The summed E-state index contributed by atoms with van der Waals surface area (Å²) < 4.78 is 65.3. The third-order valence-electron chi connectivity index (χ3n) is 2.67. The SMILES string of the molecule is O=S(=O)(Nc1ccccc1Br)c1cc(C(F)(F)F)ccc1Cl. The molecule has 0 fully saturated rings. The van der Waals surface area contributed by atoms with Gasteiger partial charge in [0, 0.05) is 4.47 Å². The van der Waals surface area contributed by atoms with Gasteiger partial charge < -0.3 is 0 Å². The van der Waals surface area contributed by atoms with Crippen LogP contribution < -0.4 is 4.72 Å². The largest absolute Gasteiger partial charge is 0.416 e. The number of alkyl halides is 3. The van der Waals surface area contributed by atoms with Crippen LogP contribution in [-0.4, -0.2) is 8.42 Å². The fourth-order valence-electron chi connectivity index (χ4n) is 1.63. The Bertz CT molecular complexity index is 809. The van der Waals surface area contributed by atoms with Crippen LogP contribution in [0.4, 0.5) is 18.9 Å². The lowest BCUT2D eigenvalue weighted by atomic mass is 10.2. The van der Waals surface area contributed by atoms with E-state index < -0.39 is 26.7 Å². The third kappa shape index (κ3) is 3.74. The van der Waals surface area contributed by atoms with Crippen molar-refractivity contribution in [2.24, 2.45) is 0 Å². The average Bonchev–Trinajstić information content (AvgIpc) is 2.40. The minimum absolute atomic E-state index is 0.191. The maximum atomic E-state index is 12.7. The maximum Gasteiger partial charge on any atom is 0.416 e. The fraction of sp³-hybridized carbons (Fsp3) is 0.0769. The number of hydrogen-bond acceptors (Lipinski definition) is 2. The van der Waals surface area contributed by atoms with Crippen LogP contribution in [-0.2, 0) is 16.2 Å². The lowest BCUT2D eigenvalue weighted by Gasteiger charge is -2.13. The number of hydrogen-bond donors (Lipinski definition) is 1. The molecule has 9 heteroatoms. The molecule has 0 spiro atoms. The lowest BCUT2D eigenvalue weighted by molar-refractivity contribution is -0.137. The topological polar surface area (TPSA) is 46.2 Å². The van der Waals surface area contributed by atoms with E-state index in [0.29, 0.717) is 10.5 Å². The second-order valence-electron chi connectivity index (χ2n) is 4.23. The monoisotopic (exact) mass is 413 g/mol. The summed E-state index contributed by atoms with van der Waals surface area (Å²) in [6, 6.07) is 8.42. The van der Waals surface area contributed by atoms with Crippen LogP contribution in [0.3, 0.4) is 0 Å². The molecule has 0 bridgehead atoms. The molecule has 0 radical (unpaired) electrons. The zero-order valence-corrected chi connectivity index (χ0v) is 13.8. The Balaban J connectivity index is 2.48. The van der Waals surface area contributed by atoms with E-state index in [2.05, 4.69) is 20.7 Å². The molecular formula is C13H8BrClF3NO2S. The van der Waals surface area contributed by atoms with Crippen molar-refractivity contribution in [2.75, 3.05) is 4.72 Å². The number of nitrogens with one attached hydrogen (secondary N) is 1. The van der Waals surface area contributed by atoms with Crippen LogP contribution >= 0.6 is 27.5 Å². The number of rotatable bonds is 3. The zero-order valence-electron chi connectivity index (χ0n) is 10.7. The van der Waals surface area contributed by atoms with Gasteiger partial charge in [-0.2, -0.15) is 13.2 Å². The van der Waals surface area contributed by atoms with E-state index in [9.17, 15) is 21.6 Å². The molecular weight excluding hydrogens is 407 g/mol. The van der Waals surface area contributed by atoms with Crippen molar-refractivity contribution in [3.05, 3.63) is 57.5 Å². The Morgan fingerprint density at radius 2 is 1.73 bits per heavy atom. The van der Waals surface area contributed by atoms with Gasteiger partial charge in [0.2, 0.25) is 0 Å². The molecule has 118 valence electrons. The first-order valence-electron chi connectivity index (χ1n) is 5.75. The van der Waals surface area contributed by atoms with Crippen LogP contribution in [0.2, 0.25) is 5.02 Å². The molecule has 0 aromatic heterocycles. The van der Waals surface area contributed by atoms with Crippen molar-refractivity contribution < 1.29 is 21.6 Å². The smallest absolute Gasteiger partial charge is 0.278 e. The molecule has 0 amide bonds. The van der Waals surface area contributed by atoms with Gasteiger partial charge in [-0.3, -0.25) is 4.72 Å². The molecule has 0 aliphatic carbocycles. The second kappa shape index (κ2) is 6.10. The minimum atomic E-state index is -4.66. The predicted octanol–water partition coefficient (Wildman–Crippen LogP) is 4.92. The van der Waals surface area contributed by atoms with Crippen LogP contribution in [0.5, 0.6) is 0 Å². The molecule has 0 saturated heterocycles. The van der Waals surface area contributed by atoms with Crippen molar-refractivity contribution in [1.82, 2.24) is 0 Å². The second-order valence-corrected chi connectivity index (χ2v) is 7.14. The zero-order chi connectivity index (χ0) is 16.5. The fourth-order valence-corrected chi connectivity index (χ4v) is 3.75. The van der Waals surface area contributed by atoms with Crippen molar-refractivity contribution in [3.8, 4) is 0 Å². The maximum absolute atomic E-state index is 12.7. The summed E-state index contributed by atoms with van der Waals surface area (Å²) in [5.41, 5.74) is -0.902. The Labute approximate surface area is 138 Å². The molecule has 0 saturated carbocycles. The van der Waals surface area contributed by atoms with Gasteiger partial charge in [-0.25, -0.2) is 8.42 Å². The van der Waals surface area contributed by atoms with Gasteiger partial charge in [0.1, 0.15) is 4.90 Å². The van der Waals surface area contributed by atoms with E-state index in [1.165, 1.54) is 6.07 Å². The highest BCUT2D eigenvalue weighted by molar-refractivity contribution is 9.10. The van der Waals surface area contributed by atoms with Gasteiger partial charge in [0.05, 0.1) is 16.3 Å². The standard InChI is InChI=1S/C13H8BrClF3NO2S/c14-9-3-1-2-4-11(9)19-22(20,21)12-7-8(13(16,17)18)5-6-10(12)15/h1-7,19H. The van der Waals surface area contributed by atoms with Gasteiger partial charge in [0.15, 0.2) is 0 Å². The molecule has 2 aromatic rings. The Hall–Kier alpha value is -1.25. The summed E-state index contributed by atoms with van der Waals surface area (Å²) in [4.78, 5) is -0.639. The normalized spacial score (nSPS) is 12.2. The number of para-hydroxylation sites is 1. The van der Waals surface area contributed by atoms with E-state index in [0.717, 1.165) is 12.1 Å². The van der Waals surface area contributed by atoms with E-state index >= 15 is 0 Å². The molecule has 1 N–H and O–H groups in total.